The number of benzene rings is 2. The first-order chi connectivity index (χ1) is 13.0. The van der Waals surface area contributed by atoms with E-state index >= 15 is 0 Å². The van der Waals surface area contributed by atoms with Crippen molar-refractivity contribution in [2.45, 2.75) is 33.6 Å². The third-order valence-corrected chi connectivity index (χ3v) is 4.49. The molecule has 3 rings (SSSR count). The normalized spacial score (nSPS) is 10.8. The predicted molar refractivity (Wildman–Crippen MR) is 107 cm³/mol. The van der Waals surface area contributed by atoms with Crippen molar-refractivity contribution in [3.8, 4) is 5.75 Å². The third kappa shape index (κ3) is 4.37. The lowest BCUT2D eigenvalue weighted by molar-refractivity contribution is -0.116. The minimum absolute atomic E-state index is 0.151. The van der Waals surface area contributed by atoms with Crippen molar-refractivity contribution in [3.05, 3.63) is 69.6 Å². The van der Waals surface area contributed by atoms with Crippen LogP contribution in [0.5, 0.6) is 5.75 Å². The molecule has 1 heterocycles. The number of rotatable bonds is 6. The molecule has 5 heteroatoms. The molecule has 5 nitrogen and oxygen atoms in total. The number of carbonyl (C=O) groups excluding carboxylic acids is 1. The summed E-state index contributed by atoms with van der Waals surface area (Å²) in [4.78, 5) is 24.6. The molecule has 1 amide bonds. The molecule has 0 unspecified atom stereocenters. The summed E-state index contributed by atoms with van der Waals surface area (Å²) in [5.41, 5.74) is 3.36. The fourth-order valence-corrected chi connectivity index (χ4v) is 3.05. The molecule has 0 atom stereocenters. The summed E-state index contributed by atoms with van der Waals surface area (Å²) >= 11 is 0. The molecular formula is C22H23NO4. The van der Waals surface area contributed by atoms with Crippen molar-refractivity contribution in [1.82, 2.24) is 0 Å². The van der Waals surface area contributed by atoms with Crippen LogP contribution in [0.3, 0.4) is 0 Å². The summed E-state index contributed by atoms with van der Waals surface area (Å²) < 4.78 is 10.8. The van der Waals surface area contributed by atoms with E-state index in [4.69, 9.17) is 9.15 Å². The Balaban J connectivity index is 1.70. The fourth-order valence-electron chi connectivity index (χ4n) is 3.05. The molecule has 0 aliphatic rings. The standard InChI is InChI=1S/C22H23NO4/c1-4-26-17-8-6-16(7-9-17)23-21(24)12-11-19-15(3)18-10-5-14(2)13-20(18)27-22(19)25/h5-10,13H,4,11-12H2,1-3H3,(H,23,24). The first-order valence-electron chi connectivity index (χ1n) is 9.03. The van der Waals surface area contributed by atoms with E-state index in [1.165, 1.54) is 0 Å². The highest BCUT2D eigenvalue weighted by Gasteiger charge is 2.13. The van der Waals surface area contributed by atoms with Crippen LogP contribution in [0.25, 0.3) is 11.0 Å². The summed E-state index contributed by atoms with van der Waals surface area (Å²) in [5.74, 6) is 0.608. The third-order valence-electron chi connectivity index (χ3n) is 4.49. The minimum Gasteiger partial charge on any atom is -0.494 e. The van der Waals surface area contributed by atoms with Crippen molar-refractivity contribution in [1.29, 1.82) is 0 Å². The number of hydrogen-bond acceptors (Lipinski definition) is 4. The molecule has 0 aliphatic heterocycles. The Hall–Kier alpha value is -3.08. The number of ether oxygens (including phenoxy) is 1. The molecule has 3 aromatic rings. The van der Waals surface area contributed by atoms with Crippen LogP contribution in [0.1, 0.15) is 30.0 Å². The van der Waals surface area contributed by atoms with E-state index in [-0.39, 0.29) is 18.0 Å². The summed E-state index contributed by atoms with van der Waals surface area (Å²) in [6.45, 7) is 6.36. The van der Waals surface area contributed by atoms with Crippen molar-refractivity contribution in [3.63, 3.8) is 0 Å². The van der Waals surface area contributed by atoms with Crippen LogP contribution in [0.15, 0.2) is 51.7 Å². The van der Waals surface area contributed by atoms with Crippen LogP contribution in [0, 0.1) is 13.8 Å². The number of anilines is 1. The zero-order chi connectivity index (χ0) is 19.4. The summed E-state index contributed by atoms with van der Waals surface area (Å²) in [5, 5.41) is 3.74. The molecule has 1 N–H and O–H groups in total. The number of nitrogens with one attached hydrogen (secondary N) is 1. The Morgan fingerprint density at radius 3 is 2.56 bits per heavy atom. The second kappa shape index (κ2) is 8.08. The van der Waals surface area contributed by atoms with Gasteiger partial charge in [-0.05, 0) is 68.7 Å². The summed E-state index contributed by atoms with van der Waals surface area (Å²) in [7, 11) is 0. The maximum Gasteiger partial charge on any atom is 0.339 e. The smallest absolute Gasteiger partial charge is 0.339 e. The molecule has 1 aromatic heterocycles. The first kappa shape index (κ1) is 18.7. The molecule has 2 aromatic carbocycles. The average molecular weight is 365 g/mol. The van der Waals surface area contributed by atoms with Gasteiger partial charge in [0.2, 0.25) is 5.91 Å². The van der Waals surface area contributed by atoms with Crippen molar-refractivity contribution in [2.75, 3.05) is 11.9 Å². The van der Waals surface area contributed by atoms with Gasteiger partial charge >= 0.3 is 5.63 Å². The number of fused-ring (bicyclic) bond motifs is 1. The highest BCUT2D eigenvalue weighted by molar-refractivity contribution is 5.91. The topological polar surface area (TPSA) is 68.5 Å². The van der Waals surface area contributed by atoms with Gasteiger partial charge in [0.1, 0.15) is 11.3 Å². The lowest BCUT2D eigenvalue weighted by Crippen LogP contribution is -2.16. The molecule has 0 radical (unpaired) electrons. The minimum atomic E-state index is -0.375. The molecule has 0 bridgehead atoms. The van der Waals surface area contributed by atoms with Gasteiger partial charge in [-0.2, -0.15) is 0 Å². The largest absolute Gasteiger partial charge is 0.494 e. The molecule has 140 valence electrons. The second-order valence-corrected chi connectivity index (χ2v) is 6.50. The van der Waals surface area contributed by atoms with Crippen LogP contribution in [0.2, 0.25) is 0 Å². The highest BCUT2D eigenvalue weighted by Crippen LogP contribution is 2.21. The van der Waals surface area contributed by atoms with Crippen molar-refractivity contribution in [2.24, 2.45) is 0 Å². The number of carbonyl (C=O) groups is 1. The first-order valence-corrected chi connectivity index (χ1v) is 9.03. The monoisotopic (exact) mass is 365 g/mol. The van der Waals surface area contributed by atoms with E-state index in [9.17, 15) is 9.59 Å². The Morgan fingerprint density at radius 2 is 1.85 bits per heavy atom. The molecule has 0 fully saturated rings. The van der Waals surface area contributed by atoms with E-state index in [1.54, 1.807) is 12.1 Å². The van der Waals surface area contributed by atoms with E-state index < -0.39 is 0 Å². The van der Waals surface area contributed by atoms with Crippen LogP contribution in [-0.2, 0) is 11.2 Å². The van der Waals surface area contributed by atoms with Gasteiger partial charge in [0.25, 0.3) is 0 Å². The fraction of sp³-hybridized carbons (Fsp3) is 0.273. The molecule has 0 aliphatic carbocycles. The van der Waals surface area contributed by atoms with Crippen molar-refractivity contribution < 1.29 is 13.9 Å². The maximum absolute atomic E-state index is 12.3. The van der Waals surface area contributed by atoms with E-state index in [2.05, 4.69) is 5.32 Å². The van der Waals surface area contributed by atoms with Gasteiger partial charge in [-0.25, -0.2) is 4.79 Å². The Labute approximate surface area is 158 Å². The predicted octanol–water partition coefficient (Wildman–Crippen LogP) is 4.38. The Bertz CT molecular complexity index is 1020. The quantitative estimate of drug-likeness (QED) is 0.658. The van der Waals surface area contributed by atoms with Crippen LogP contribution >= 0.6 is 0 Å². The molecule has 27 heavy (non-hydrogen) atoms. The van der Waals surface area contributed by atoms with Gasteiger partial charge in [-0.15, -0.1) is 0 Å². The summed E-state index contributed by atoms with van der Waals surface area (Å²) in [6.07, 6.45) is 0.539. The van der Waals surface area contributed by atoms with Crippen LogP contribution < -0.4 is 15.7 Å². The highest BCUT2D eigenvalue weighted by atomic mass is 16.5. The van der Waals surface area contributed by atoms with E-state index in [0.29, 0.717) is 29.9 Å². The molecule has 0 saturated heterocycles. The Kier molecular flexibility index (Phi) is 5.60. The molecule has 0 saturated carbocycles. The van der Waals surface area contributed by atoms with Gasteiger partial charge in [0.15, 0.2) is 0 Å². The zero-order valence-corrected chi connectivity index (χ0v) is 15.8. The number of aryl methyl sites for hydroxylation is 2. The van der Waals surface area contributed by atoms with E-state index in [1.807, 2.05) is 51.1 Å². The van der Waals surface area contributed by atoms with Gasteiger partial charge in [-0.3, -0.25) is 4.79 Å². The lowest BCUT2D eigenvalue weighted by atomic mass is 10.0. The van der Waals surface area contributed by atoms with Crippen molar-refractivity contribution >= 4 is 22.6 Å². The van der Waals surface area contributed by atoms with Gasteiger partial charge < -0.3 is 14.5 Å². The molecule has 0 spiro atoms. The van der Waals surface area contributed by atoms with Gasteiger partial charge in [0, 0.05) is 23.1 Å². The zero-order valence-electron chi connectivity index (χ0n) is 15.8. The number of amides is 1. The summed E-state index contributed by atoms with van der Waals surface area (Å²) in [6, 6.07) is 13.0. The van der Waals surface area contributed by atoms with Crippen LogP contribution in [-0.4, -0.2) is 12.5 Å². The SMILES string of the molecule is CCOc1ccc(NC(=O)CCc2c(C)c3ccc(C)cc3oc2=O)cc1. The lowest BCUT2D eigenvalue weighted by Gasteiger charge is -2.09. The maximum atomic E-state index is 12.3. The molecular weight excluding hydrogens is 342 g/mol. The Morgan fingerprint density at radius 1 is 1.11 bits per heavy atom. The van der Waals surface area contributed by atoms with Gasteiger partial charge in [-0.1, -0.05) is 12.1 Å². The van der Waals surface area contributed by atoms with E-state index in [0.717, 1.165) is 22.3 Å². The second-order valence-electron chi connectivity index (χ2n) is 6.50. The van der Waals surface area contributed by atoms with Crippen LogP contribution in [0.4, 0.5) is 5.69 Å². The van der Waals surface area contributed by atoms with Gasteiger partial charge in [0.05, 0.1) is 6.61 Å². The average Bonchev–Trinajstić information content (AvgIpc) is 2.63. The number of hydrogen-bond donors (Lipinski definition) is 1.